The van der Waals surface area contributed by atoms with Crippen LogP contribution in [0.4, 0.5) is 5.69 Å². The van der Waals surface area contributed by atoms with Crippen LogP contribution in [0.1, 0.15) is 38.8 Å². The summed E-state index contributed by atoms with van der Waals surface area (Å²) in [4.78, 5) is 18.9. The summed E-state index contributed by atoms with van der Waals surface area (Å²) in [6, 6.07) is 7.58. The fourth-order valence-corrected chi connectivity index (χ4v) is 4.06. The topological polar surface area (TPSA) is 55.1 Å². The zero-order valence-corrected chi connectivity index (χ0v) is 13.1. The molecule has 0 aliphatic heterocycles. The molecule has 1 amide bonds. The van der Waals surface area contributed by atoms with E-state index < -0.39 is 0 Å². The number of amides is 1. The quantitative estimate of drug-likeness (QED) is 0.766. The number of nitrogens with zero attached hydrogens (tertiary/aromatic N) is 1. The molecule has 112 valence electrons. The van der Waals surface area contributed by atoms with Crippen molar-refractivity contribution in [1.29, 1.82) is 0 Å². The molecule has 0 saturated heterocycles. The molecule has 0 saturated carbocycles. The summed E-state index contributed by atoms with van der Waals surface area (Å²) in [5.74, 6) is 0.586. The minimum atomic E-state index is -0.0426. The number of carbonyl (C=O) groups is 1. The predicted octanol–water partition coefficient (Wildman–Crippen LogP) is 4.33. The average Bonchev–Trinajstić information content (AvgIpc) is 3.08. The number of hydrogen-bond acceptors (Lipinski definition) is 4. The van der Waals surface area contributed by atoms with Gasteiger partial charge in [-0.15, -0.1) is 11.3 Å². The molecular weight excluding hydrogens is 296 g/mol. The monoisotopic (exact) mass is 312 g/mol. The van der Waals surface area contributed by atoms with Crippen molar-refractivity contribution in [2.45, 2.75) is 32.6 Å². The van der Waals surface area contributed by atoms with Gasteiger partial charge in [0.05, 0.1) is 4.88 Å². The van der Waals surface area contributed by atoms with Crippen LogP contribution in [0.5, 0.6) is 0 Å². The second-order valence-corrected chi connectivity index (χ2v) is 6.77. The van der Waals surface area contributed by atoms with Crippen LogP contribution >= 0.6 is 11.3 Å². The zero-order valence-electron chi connectivity index (χ0n) is 12.3. The maximum Gasteiger partial charge on any atom is 0.265 e. The number of anilines is 1. The van der Waals surface area contributed by atoms with Crippen LogP contribution in [0.2, 0.25) is 0 Å². The van der Waals surface area contributed by atoms with Crippen LogP contribution in [-0.2, 0) is 12.8 Å². The largest absolute Gasteiger partial charge is 0.441 e. The van der Waals surface area contributed by atoms with E-state index in [-0.39, 0.29) is 5.91 Å². The van der Waals surface area contributed by atoms with Crippen LogP contribution < -0.4 is 5.32 Å². The van der Waals surface area contributed by atoms with Gasteiger partial charge in [0.2, 0.25) is 0 Å². The molecule has 5 heteroatoms. The van der Waals surface area contributed by atoms with E-state index in [9.17, 15) is 4.79 Å². The van der Waals surface area contributed by atoms with Crippen molar-refractivity contribution in [2.24, 2.45) is 0 Å². The molecule has 4 rings (SSSR count). The lowest BCUT2D eigenvalue weighted by Gasteiger charge is -2.08. The average molecular weight is 312 g/mol. The van der Waals surface area contributed by atoms with Crippen molar-refractivity contribution >= 4 is 34.0 Å². The highest BCUT2D eigenvalue weighted by Gasteiger charge is 2.17. The molecule has 0 fully saturated rings. The first-order valence-electron chi connectivity index (χ1n) is 7.49. The molecule has 0 radical (unpaired) electrons. The fraction of sp³-hybridized carbons (Fsp3) is 0.294. The number of nitrogens with one attached hydrogen (secondary N) is 1. The number of aromatic nitrogens is 1. The lowest BCUT2D eigenvalue weighted by atomic mass is 9.99. The maximum absolute atomic E-state index is 12.4. The van der Waals surface area contributed by atoms with Crippen molar-refractivity contribution in [3.63, 3.8) is 0 Å². The lowest BCUT2D eigenvalue weighted by molar-refractivity contribution is 0.103. The van der Waals surface area contributed by atoms with Gasteiger partial charge in [0.1, 0.15) is 5.52 Å². The third kappa shape index (κ3) is 2.41. The summed E-state index contributed by atoms with van der Waals surface area (Å²) in [7, 11) is 0. The van der Waals surface area contributed by atoms with Gasteiger partial charge in [-0.05, 0) is 55.5 Å². The van der Waals surface area contributed by atoms with Crippen molar-refractivity contribution in [1.82, 2.24) is 4.98 Å². The second-order valence-electron chi connectivity index (χ2n) is 5.64. The van der Waals surface area contributed by atoms with Crippen LogP contribution in [-0.4, -0.2) is 10.9 Å². The van der Waals surface area contributed by atoms with Gasteiger partial charge in [-0.2, -0.15) is 0 Å². The van der Waals surface area contributed by atoms with Crippen molar-refractivity contribution in [3.8, 4) is 0 Å². The minimum Gasteiger partial charge on any atom is -0.441 e. The summed E-state index contributed by atoms with van der Waals surface area (Å²) in [5.41, 5.74) is 3.60. The molecule has 2 aromatic heterocycles. The summed E-state index contributed by atoms with van der Waals surface area (Å²) < 4.78 is 5.45. The number of carbonyl (C=O) groups excluding carboxylic acids is 1. The zero-order chi connectivity index (χ0) is 15.1. The van der Waals surface area contributed by atoms with Gasteiger partial charge in [-0.1, -0.05) is 0 Å². The Balaban J connectivity index is 1.58. The molecule has 1 aromatic carbocycles. The Kier molecular flexibility index (Phi) is 3.22. The van der Waals surface area contributed by atoms with E-state index >= 15 is 0 Å². The Bertz CT molecular complexity index is 839. The van der Waals surface area contributed by atoms with E-state index in [0.29, 0.717) is 5.89 Å². The van der Waals surface area contributed by atoms with Gasteiger partial charge >= 0.3 is 0 Å². The maximum atomic E-state index is 12.4. The molecular formula is C17H16N2O2S. The van der Waals surface area contributed by atoms with Crippen LogP contribution in [0.3, 0.4) is 0 Å². The predicted molar refractivity (Wildman–Crippen MR) is 87.7 cm³/mol. The molecule has 2 heterocycles. The Morgan fingerprint density at radius 2 is 2.14 bits per heavy atom. The van der Waals surface area contributed by atoms with E-state index in [1.807, 2.05) is 31.2 Å². The Morgan fingerprint density at radius 1 is 1.27 bits per heavy atom. The third-order valence-corrected chi connectivity index (χ3v) is 5.21. The van der Waals surface area contributed by atoms with Crippen LogP contribution in [0.25, 0.3) is 11.1 Å². The van der Waals surface area contributed by atoms with Crippen LogP contribution in [0, 0.1) is 6.92 Å². The van der Waals surface area contributed by atoms with Crippen molar-refractivity contribution < 1.29 is 9.21 Å². The van der Waals surface area contributed by atoms with E-state index in [2.05, 4.69) is 10.3 Å². The standard InChI is InChI=1S/C17H16N2O2S/c1-10-18-13-9-12(6-7-14(13)21-10)19-17(20)16-8-11-4-2-3-5-15(11)22-16/h6-9H,2-5H2,1H3,(H,19,20). The highest BCUT2D eigenvalue weighted by Crippen LogP contribution is 2.30. The number of oxazole rings is 1. The van der Waals surface area contributed by atoms with E-state index in [1.54, 1.807) is 11.3 Å². The van der Waals surface area contributed by atoms with Gasteiger partial charge in [0.25, 0.3) is 5.91 Å². The molecule has 22 heavy (non-hydrogen) atoms. The summed E-state index contributed by atoms with van der Waals surface area (Å²) in [5, 5.41) is 2.96. The molecule has 0 unspecified atom stereocenters. The van der Waals surface area contributed by atoms with Crippen molar-refractivity contribution in [2.75, 3.05) is 5.32 Å². The summed E-state index contributed by atoms with van der Waals surface area (Å²) in [6.45, 7) is 1.81. The summed E-state index contributed by atoms with van der Waals surface area (Å²) in [6.07, 6.45) is 4.67. The van der Waals surface area contributed by atoms with Gasteiger partial charge < -0.3 is 9.73 Å². The molecule has 1 N–H and O–H groups in total. The van der Waals surface area contributed by atoms with Gasteiger partial charge in [-0.3, -0.25) is 4.79 Å². The Morgan fingerprint density at radius 3 is 3.00 bits per heavy atom. The van der Waals surface area contributed by atoms with Crippen LogP contribution in [0.15, 0.2) is 28.7 Å². The van der Waals surface area contributed by atoms with Gasteiger partial charge in [0, 0.05) is 17.5 Å². The second kappa shape index (κ2) is 5.25. The van der Waals surface area contributed by atoms with Crippen molar-refractivity contribution in [3.05, 3.63) is 45.5 Å². The molecule has 4 nitrogen and oxygen atoms in total. The number of rotatable bonds is 2. The molecule has 0 atom stereocenters. The number of thiophene rings is 1. The number of benzene rings is 1. The number of hydrogen-bond donors (Lipinski definition) is 1. The highest BCUT2D eigenvalue weighted by molar-refractivity contribution is 7.14. The van der Waals surface area contributed by atoms with E-state index in [1.165, 1.54) is 23.3 Å². The number of aryl methyl sites for hydroxylation is 3. The fourth-order valence-electron chi connectivity index (χ4n) is 2.92. The SMILES string of the molecule is Cc1nc2cc(NC(=O)c3cc4c(s3)CCCC4)ccc2o1. The highest BCUT2D eigenvalue weighted by atomic mass is 32.1. The first-order valence-corrected chi connectivity index (χ1v) is 8.31. The van der Waals surface area contributed by atoms with E-state index in [4.69, 9.17) is 4.42 Å². The minimum absolute atomic E-state index is 0.0426. The molecule has 1 aliphatic carbocycles. The molecule has 0 spiro atoms. The third-order valence-electron chi connectivity index (χ3n) is 3.97. The molecule has 1 aliphatic rings. The van der Waals surface area contributed by atoms with E-state index in [0.717, 1.165) is 34.5 Å². The first-order chi connectivity index (χ1) is 10.7. The lowest BCUT2D eigenvalue weighted by Crippen LogP contribution is -2.09. The van der Waals surface area contributed by atoms with Gasteiger partial charge in [-0.25, -0.2) is 4.98 Å². The summed E-state index contributed by atoms with van der Waals surface area (Å²) >= 11 is 1.62. The Labute approximate surface area is 132 Å². The van der Waals surface area contributed by atoms with Gasteiger partial charge in [0.15, 0.2) is 11.5 Å². The molecule has 0 bridgehead atoms. The first kappa shape index (κ1) is 13.5. The number of fused-ring (bicyclic) bond motifs is 2. The smallest absolute Gasteiger partial charge is 0.265 e. The molecule has 3 aromatic rings. The Hall–Kier alpha value is -2.14. The normalized spacial score (nSPS) is 14.0.